The summed E-state index contributed by atoms with van der Waals surface area (Å²) in [6.45, 7) is 23.0. The third-order valence-corrected chi connectivity index (χ3v) is 31.3. The molecule has 25 aromatic rings. The van der Waals surface area contributed by atoms with Crippen LogP contribution < -0.4 is 0 Å². The maximum absolute atomic E-state index is 5.11. The van der Waals surface area contributed by atoms with E-state index in [1.54, 1.807) is 0 Å². The van der Waals surface area contributed by atoms with Gasteiger partial charge in [-0.25, -0.2) is 24.9 Å². The number of aryl methyl sites for hydroxylation is 4. The van der Waals surface area contributed by atoms with Gasteiger partial charge >= 0.3 is 0 Å². The molecule has 7 aromatic heterocycles. The quantitative estimate of drug-likeness (QED) is 0.138. The van der Waals surface area contributed by atoms with Gasteiger partial charge in [0.1, 0.15) is 0 Å². The summed E-state index contributed by atoms with van der Waals surface area (Å²) in [6.07, 6.45) is 0. The number of fused-ring (bicyclic) bond motifs is 24. The molecule has 4 aliphatic rings. The third kappa shape index (κ3) is 14.3. The van der Waals surface area contributed by atoms with Gasteiger partial charge in [-0.05, 0) is 199 Å². The number of hydrogen-bond donors (Lipinski definition) is 0. The number of aromatic nitrogens is 13. The first-order valence-corrected chi connectivity index (χ1v) is 50.3. The fraction of sp³-hybridized carbons (Fsp3) is 0.120. The fourth-order valence-electron chi connectivity index (χ4n) is 23.7. The molecule has 700 valence electrons. The molecule has 0 spiro atoms. The average Bonchev–Trinajstić information content (AvgIpc) is 1.56. The van der Waals surface area contributed by atoms with E-state index in [2.05, 4.69) is 375 Å². The van der Waals surface area contributed by atoms with Crippen molar-refractivity contribution in [1.29, 1.82) is 0 Å². The lowest BCUT2D eigenvalue weighted by Crippen LogP contribution is -2.14. The summed E-state index contributed by atoms with van der Waals surface area (Å²) in [7, 11) is 4.34. The fourth-order valence-corrected chi connectivity index (χ4v) is 23.7. The predicted octanol–water partition coefficient (Wildman–Crippen LogP) is 32.3. The van der Waals surface area contributed by atoms with Gasteiger partial charge in [0.25, 0.3) is 0 Å². The van der Waals surface area contributed by atoms with Gasteiger partial charge in [-0.15, -0.1) is 0 Å². The molecule has 0 saturated heterocycles. The molecular weight excluding hydrogens is 1780 g/mol. The molecule has 7 heterocycles. The van der Waals surface area contributed by atoms with E-state index < -0.39 is 0 Å². The normalized spacial score (nSPS) is 13.7. The van der Waals surface area contributed by atoms with Crippen LogP contribution in [0, 0.1) is 13.8 Å². The van der Waals surface area contributed by atoms with E-state index in [-0.39, 0.29) is 21.7 Å². The first kappa shape index (κ1) is 88.4. The summed E-state index contributed by atoms with van der Waals surface area (Å²) < 4.78 is 9.08. The van der Waals surface area contributed by atoms with E-state index in [9.17, 15) is 0 Å². The maximum Gasteiger partial charge on any atom is 0.238 e. The van der Waals surface area contributed by atoms with E-state index in [0.29, 0.717) is 52.7 Å². The van der Waals surface area contributed by atoms with Gasteiger partial charge in [0.2, 0.25) is 11.9 Å². The second-order valence-electron chi connectivity index (χ2n) is 41.5. The summed E-state index contributed by atoms with van der Waals surface area (Å²) in [5.74, 6) is 5.88. The first-order chi connectivity index (χ1) is 71.0. The van der Waals surface area contributed by atoms with Crippen LogP contribution in [0.3, 0.4) is 0 Å². The predicted molar refractivity (Wildman–Crippen MR) is 600 cm³/mol. The van der Waals surface area contributed by atoms with Crippen LogP contribution in [0.5, 0.6) is 0 Å². The van der Waals surface area contributed by atoms with Crippen molar-refractivity contribution in [3.63, 3.8) is 0 Å². The van der Waals surface area contributed by atoms with Gasteiger partial charge in [0, 0.05) is 140 Å². The SMILES string of the molecule is Cc1ccc2c(c1)c1cc3c(cc1n2-c1nc(-c2ccccc2)nc(-c2ccccc2)n1)-c1ccccc1C3(C)C.Cc1ccc2c3cc4c(cc3n(-c3nc(-c5ccccc5)nc(-c5ccccc5)n3)c2c1)-c1ccccc1C4(C)C.Cn1c2ccc(-c3nc(-c4ccccc4)nc(-c4ccccc4)n3)cc2c2cc3c(cc21)C(C)(C)c1ccccc1-3.Cn1c2ccccc2c2cc3c(cc21)C(C)(C)c1ccccc1-3. The molecule has 13 heteroatoms. The zero-order valence-electron chi connectivity index (χ0n) is 83.5. The van der Waals surface area contributed by atoms with Crippen molar-refractivity contribution in [2.24, 2.45) is 14.1 Å². The molecule has 4 aliphatic carbocycles. The van der Waals surface area contributed by atoms with Crippen LogP contribution in [0.15, 0.2) is 406 Å². The highest BCUT2D eigenvalue weighted by molar-refractivity contribution is 6.15. The molecule has 29 rings (SSSR count). The first-order valence-electron chi connectivity index (χ1n) is 50.3. The Balaban J connectivity index is 0.000000101. The van der Waals surface area contributed by atoms with Gasteiger partial charge in [0.05, 0.1) is 22.1 Å². The Morgan fingerprint density at radius 3 is 0.822 bits per heavy atom. The van der Waals surface area contributed by atoms with Gasteiger partial charge < -0.3 is 9.13 Å². The number of hydrogen-bond acceptors (Lipinski definition) is 9. The lowest BCUT2D eigenvalue weighted by atomic mass is 9.82. The molecule has 0 saturated carbocycles. The van der Waals surface area contributed by atoms with Crippen molar-refractivity contribution >= 4 is 87.2 Å². The number of benzene rings is 18. The van der Waals surface area contributed by atoms with Gasteiger partial charge in [-0.1, -0.05) is 376 Å². The van der Waals surface area contributed by atoms with Crippen LogP contribution in [0.25, 0.3) is 223 Å². The highest BCUT2D eigenvalue weighted by atomic mass is 15.2. The molecule has 0 amide bonds. The minimum atomic E-state index is -0.0769. The van der Waals surface area contributed by atoms with E-state index in [0.717, 1.165) is 61.0 Å². The number of nitrogens with zero attached hydrogens (tertiary/aromatic N) is 13. The van der Waals surface area contributed by atoms with Crippen LogP contribution in [0.2, 0.25) is 0 Å². The molecule has 0 aliphatic heterocycles. The molecule has 13 nitrogen and oxygen atoms in total. The molecule has 0 unspecified atom stereocenters. The summed E-state index contributed by atoms with van der Waals surface area (Å²) in [4.78, 5) is 45.1. The van der Waals surface area contributed by atoms with E-state index in [1.165, 1.54) is 165 Å². The van der Waals surface area contributed by atoms with Crippen molar-refractivity contribution < 1.29 is 0 Å². The Bertz CT molecular complexity index is 9450. The van der Waals surface area contributed by atoms with Crippen LogP contribution in [0.1, 0.15) is 111 Å². The lowest BCUT2D eigenvalue weighted by molar-refractivity contribution is 0.660. The monoisotopic (exact) mass is 1880 g/mol. The zero-order valence-corrected chi connectivity index (χ0v) is 83.5. The molecule has 0 bridgehead atoms. The molecule has 0 fully saturated rings. The molecule has 146 heavy (non-hydrogen) atoms. The van der Waals surface area contributed by atoms with Crippen molar-refractivity contribution in [3.05, 3.63) is 462 Å². The van der Waals surface area contributed by atoms with Crippen LogP contribution in [-0.2, 0) is 35.8 Å². The molecular formula is C133H103N13. The maximum atomic E-state index is 5.11. The standard InChI is InChI=1S/3C37H28N4.C22H19N/c1-37(2)30-17-11-10-16-26(30)27-21-29-28-20-25(18-19-32(28)41(3)33(29)22-31(27)37)36-39-34(23-12-6-4-7-13-23)38-35(40-36)24-14-8-5-9-15-24;1-23-18-19-32-28(20-23)29-21-31-27(26-16-10-11-17-30(26)37(31,2)3)22-33(29)41(32)36-39-34(24-12-6-4-7-13-24)38-35(40-36)25-14-8-5-9-15-25;1-23-18-19-27-29-21-31-28(26-16-10-11-17-30(26)37(31,2)3)22-33(29)41(32(27)20-23)36-39-34(24-12-6-4-7-13-24)38-35(40-36)25-14-8-5-9-15-25;1-22(2)18-10-6-4-8-14(18)16-12-17-15-9-5-7-11-20(15)23(3)21(17)13-19(16)22/h3*4-22H,1-3H3;4-13H,1-3H3. The lowest BCUT2D eigenvalue weighted by Gasteiger charge is -2.21. The smallest absolute Gasteiger partial charge is 0.238 e. The summed E-state index contributed by atoms with van der Waals surface area (Å²) in [5.41, 5.74) is 40.2. The molecule has 0 atom stereocenters. The Morgan fingerprint density at radius 2 is 0.425 bits per heavy atom. The molecule has 0 N–H and O–H groups in total. The minimum absolute atomic E-state index is 0.0334. The van der Waals surface area contributed by atoms with E-state index >= 15 is 0 Å². The minimum Gasteiger partial charge on any atom is -0.344 e. The largest absolute Gasteiger partial charge is 0.344 e. The average molecular weight is 1880 g/mol. The van der Waals surface area contributed by atoms with Crippen molar-refractivity contribution in [1.82, 2.24) is 63.1 Å². The summed E-state index contributed by atoms with van der Waals surface area (Å²) >= 11 is 0. The Kier molecular flexibility index (Phi) is 20.6. The van der Waals surface area contributed by atoms with Crippen molar-refractivity contribution in [3.8, 4) is 136 Å². The summed E-state index contributed by atoms with van der Waals surface area (Å²) in [6, 6.07) is 144. The Morgan fingerprint density at radius 1 is 0.164 bits per heavy atom. The van der Waals surface area contributed by atoms with Crippen molar-refractivity contribution in [2.45, 2.75) is 90.9 Å². The van der Waals surface area contributed by atoms with E-state index in [1.807, 2.05) is 133 Å². The van der Waals surface area contributed by atoms with Gasteiger partial charge in [-0.3, -0.25) is 9.13 Å². The number of para-hydroxylation sites is 1. The number of rotatable bonds is 9. The second-order valence-corrected chi connectivity index (χ2v) is 41.5. The highest BCUT2D eigenvalue weighted by Gasteiger charge is 2.41. The molecule has 0 radical (unpaired) electrons. The summed E-state index contributed by atoms with van der Waals surface area (Å²) in [5, 5.41) is 9.97. The van der Waals surface area contributed by atoms with Crippen LogP contribution in [0.4, 0.5) is 0 Å². The molecule has 18 aromatic carbocycles. The Hall–Kier alpha value is -17.8. The highest BCUT2D eigenvalue weighted by Crippen LogP contribution is 2.57. The third-order valence-electron chi connectivity index (χ3n) is 31.3. The zero-order chi connectivity index (χ0) is 98.9. The Labute approximate surface area is 847 Å². The van der Waals surface area contributed by atoms with Gasteiger partial charge in [-0.2, -0.15) is 19.9 Å². The van der Waals surface area contributed by atoms with Crippen molar-refractivity contribution in [2.75, 3.05) is 0 Å². The van der Waals surface area contributed by atoms with Crippen LogP contribution in [-0.4, -0.2) is 63.1 Å². The topological polar surface area (TPSA) is 136 Å². The van der Waals surface area contributed by atoms with E-state index in [4.69, 9.17) is 44.9 Å². The second kappa shape index (κ2) is 34.0. The van der Waals surface area contributed by atoms with Gasteiger partial charge in [0.15, 0.2) is 40.8 Å². The van der Waals surface area contributed by atoms with Crippen LogP contribution >= 0.6 is 0 Å².